The summed E-state index contributed by atoms with van der Waals surface area (Å²) in [5.74, 6) is 0.583. The van der Waals surface area contributed by atoms with Crippen molar-refractivity contribution in [2.24, 2.45) is 0 Å². The number of rotatable bonds is 8. The Labute approximate surface area is 191 Å². The molecule has 2 amide bonds. The average molecular weight is 460 g/mol. The van der Waals surface area contributed by atoms with Crippen LogP contribution >= 0.6 is 23.1 Å². The Morgan fingerprint density at radius 2 is 1.87 bits per heavy atom. The number of aromatic nitrogens is 2. The molecule has 0 bridgehead atoms. The van der Waals surface area contributed by atoms with E-state index in [-0.39, 0.29) is 17.9 Å². The van der Waals surface area contributed by atoms with Crippen LogP contribution in [0.5, 0.6) is 0 Å². The van der Waals surface area contributed by atoms with Gasteiger partial charge in [0.05, 0.1) is 5.75 Å². The molecule has 1 aromatic carbocycles. The zero-order chi connectivity index (χ0) is 21.8. The summed E-state index contributed by atoms with van der Waals surface area (Å²) in [7, 11) is 0. The van der Waals surface area contributed by atoms with E-state index >= 15 is 0 Å². The summed E-state index contributed by atoms with van der Waals surface area (Å²) in [6.07, 6.45) is 2.52. The Morgan fingerprint density at radius 1 is 1.16 bits per heavy atom. The number of carbonyl (C=O) groups is 2. The van der Waals surface area contributed by atoms with E-state index in [0.717, 1.165) is 43.4 Å². The first-order valence-electron chi connectivity index (χ1n) is 10.9. The van der Waals surface area contributed by atoms with Crippen LogP contribution < -0.4 is 4.90 Å². The molecule has 1 aliphatic heterocycles. The average Bonchev–Trinajstić information content (AvgIpc) is 3.54. The number of nitrogens with zero attached hydrogens (tertiary/aromatic N) is 5. The zero-order valence-corrected chi connectivity index (χ0v) is 19.7. The third-order valence-electron chi connectivity index (χ3n) is 5.90. The first kappa shape index (κ1) is 22.2. The van der Waals surface area contributed by atoms with Gasteiger partial charge in [-0.3, -0.25) is 19.4 Å². The number of thioether (sulfide) groups is 1. The third-order valence-corrected chi connectivity index (χ3v) is 7.94. The maximum Gasteiger partial charge on any atom is 0.233 e. The van der Waals surface area contributed by atoms with Gasteiger partial charge >= 0.3 is 0 Å². The van der Waals surface area contributed by atoms with Gasteiger partial charge in [-0.1, -0.05) is 60.4 Å². The molecule has 2 aliphatic rings. The van der Waals surface area contributed by atoms with E-state index in [4.69, 9.17) is 0 Å². The molecule has 31 heavy (non-hydrogen) atoms. The molecule has 0 spiro atoms. The monoisotopic (exact) mass is 459 g/mol. The number of carbonyl (C=O) groups excluding carboxylic acids is 2. The molecule has 1 aromatic heterocycles. The summed E-state index contributed by atoms with van der Waals surface area (Å²) < 4.78 is 0.745. The molecule has 2 aromatic rings. The number of hydrogen-bond acceptors (Lipinski definition) is 7. The van der Waals surface area contributed by atoms with Crippen LogP contribution in [0.25, 0.3) is 0 Å². The molecule has 0 unspecified atom stereocenters. The summed E-state index contributed by atoms with van der Waals surface area (Å²) >= 11 is 2.83. The van der Waals surface area contributed by atoms with Crippen LogP contribution in [0.1, 0.15) is 44.7 Å². The highest BCUT2D eigenvalue weighted by Crippen LogP contribution is 2.36. The maximum absolute atomic E-state index is 12.7. The molecule has 2 fully saturated rings. The second kappa shape index (κ2) is 10.1. The van der Waals surface area contributed by atoms with Crippen molar-refractivity contribution >= 4 is 40.0 Å². The summed E-state index contributed by atoms with van der Waals surface area (Å²) in [6, 6.07) is 11.1. The van der Waals surface area contributed by atoms with Gasteiger partial charge in [0.25, 0.3) is 0 Å². The predicted molar refractivity (Wildman–Crippen MR) is 124 cm³/mol. The molecule has 1 atom stereocenters. The van der Waals surface area contributed by atoms with Crippen LogP contribution in [0.4, 0.5) is 5.13 Å². The van der Waals surface area contributed by atoms with Crippen LogP contribution in [-0.2, 0) is 9.59 Å². The van der Waals surface area contributed by atoms with Crippen LogP contribution in [-0.4, -0.2) is 69.8 Å². The fourth-order valence-corrected chi connectivity index (χ4v) is 5.68. The summed E-state index contributed by atoms with van der Waals surface area (Å²) in [6.45, 7) is 7.35. The Bertz CT molecular complexity index is 894. The fraction of sp³-hybridized carbons (Fsp3) is 0.545. The second-order valence-electron chi connectivity index (χ2n) is 7.99. The number of anilines is 1. The molecule has 2 heterocycles. The van der Waals surface area contributed by atoms with Crippen molar-refractivity contribution in [2.75, 3.05) is 36.8 Å². The first-order valence-corrected chi connectivity index (χ1v) is 12.7. The van der Waals surface area contributed by atoms with E-state index in [1.54, 1.807) is 4.90 Å². The van der Waals surface area contributed by atoms with Crippen LogP contribution in [0.2, 0.25) is 0 Å². The minimum Gasteiger partial charge on any atom is -0.339 e. The Morgan fingerprint density at radius 3 is 2.52 bits per heavy atom. The van der Waals surface area contributed by atoms with E-state index < -0.39 is 0 Å². The molecule has 0 radical (unpaired) electrons. The molecular weight excluding hydrogens is 430 g/mol. The zero-order valence-electron chi connectivity index (χ0n) is 18.1. The summed E-state index contributed by atoms with van der Waals surface area (Å²) in [4.78, 5) is 31.1. The summed E-state index contributed by atoms with van der Waals surface area (Å²) in [5.41, 5.74) is 1.31. The smallest absolute Gasteiger partial charge is 0.233 e. The predicted octanol–water partition coefficient (Wildman–Crippen LogP) is 3.44. The van der Waals surface area contributed by atoms with Crippen molar-refractivity contribution in [1.82, 2.24) is 20.0 Å². The van der Waals surface area contributed by atoms with Gasteiger partial charge in [-0.15, -0.1) is 10.2 Å². The van der Waals surface area contributed by atoms with Gasteiger partial charge in [0, 0.05) is 44.7 Å². The molecule has 1 aliphatic carbocycles. The lowest BCUT2D eigenvalue weighted by Gasteiger charge is -2.38. The standard InChI is InChI=1S/C22H29N5O2S2/c1-3-19(28)27(18-9-10-18)21-23-24-22(31-21)30-15-20(29)26-13-11-25(12-14-26)16(2)17-7-5-4-6-8-17/h4-8,16,18H,3,9-15H2,1-2H3/t16-/m0/s1. The number of amides is 2. The van der Waals surface area contributed by atoms with Crippen LogP contribution in [0.3, 0.4) is 0 Å². The highest BCUT2D eigenvalue weighted by molar-refractivity contribution is 8.01. The number of benzene rings is 1. The maximum atomic E-state index is 12.7. The quantitative estimate of drug-likeness (QED) is 0.445. The molecule has 1 saturated heterocycles. The molecule has 4 rings (SSSR count). The highest BCUT2D eigenvalue weighted by atomic mass is 32.2. The topological polar surface area (TPSA) is 69.6 Å². The van der Waals surface area contributed by atoms with Gasteiger partial charge in [-0.25, -0.2) is 0 Å². The lowest BCUT2D eigenvalue weighted by molar-refractivity contribution is -0.130. The second-order valence-corrected chi connectivity index (χ2v) is 10.2. The normalized spacial score (nSPS) is 18.1. The number of piperazine rings is 1. The Hall–Kier alpha value is -1.97. The van der Waals surface area contributed by atoms with Gasteiger partial charge in [-0.2, -0.15) is 0 Å². The third kappa shape index (κ3) is 5.45. The van der Waals surface area contributed by atoms with E-state index in [0.29, 0.717) is 23.3 Å². The summed E-state index contributed by atoms with van der Waals surface area (Å²) in [5, 5.41) is 9.09. The molecule has 7 nitrogen and oxygen atoms in total. The Balaban J connectivity index is 1.25. The van der Waals surface area contributed by atoms with Crippen LogP contribution in [0.15, 0.2) is 34.7 Å². The highest BCUT2D eigenvalue weighted by Gasteiger charge is 2.35. The minimum atomic E-state index is 0.0916. The van der Waals surface area contributed by atoms with Gasteiger partial charge < -0.3 is 4.90 Å². The largest absolute Gasteiger partial charge is 0.339 e. The Kier molecular flexibility index (Phi) is 7.24. The van der Waals surface area contributed by atoms with Crippen molar-refractivity contribution in [3.05, 3.63) is 35.9 Å². The number of hydrogen-bond donors (Lipinski definition) is 0. The lowest BCUT2D eigenvalue weighted by Crippen LogP contribution is -2.49. The molecule has 1 saturated carbocycles. The van der Waals surface area contributed by atoms with Gasteiger partial charge in [0.1, 0.15) is 0 Å². The van der Waals surface area contributed by atoms with E-state index in [9.17, 15) is 9.59 Å². The van der Waals surface area contributed by atoms with Crippen molar-refractivity contribution in [1.29, 1.82) is 0 Å². The van der Waals surface area contributed by atoms with Crippen molar-refractivity contribution < 1.29 is 9.59 Å². The first-order chi connectivity index (χ1) is 15.1. The van der Waals surface area contributed by atoms with E-state index in [2.05, 4.69) is 46.3 Å². The molecular formula is C22H29N5O2S2. The van der Waals surface area contributed by atoms with Crippen molar-refractivity contribution in [3.8, 4) is 0 Å². The van der Waals surface area contributed by atoms with Gasteiger partial charge in [-0.05, 0) is 25.3 Å². The lowest BCUT2D eigenvalue weighted by atomic mass is 10.1. The minimum absolute atomic E-state index is 0.0916. The van der Waals surface area contributed by atoms with E-state index in [1.807, 2.05) is 17.9 Å². The van der Waals surface area contributed by atoms with Crippen LogP contribution in [0, 0.1) is 0 Å². The van der Waals surface area contributed by atoms with Crippen molar-refractivity contribution in [3.63, 3.8) is 0 Å². The SMILES string of the molecule is CCC(=O)N(c1nnc(SCC(=O)N2CCN([C@@H](C)c3ccccc3)CC2)s1)C1CC1. The van der Waals surface area contributed by atoms with Gasteiger partial charge in [0.15, 0.2) is 4.34 Å². The molecule has 0 N–H and O–H groups in total. The van der Waals surface area contributed by atoms with Crippen molar-refractivity contribution in [2.45, 2.75) is 49.5 Å². The fourth-order valence-electron chi connectivity index (χ4n) is 3.84. The molecule has 166 valence electrons. The molecule has 9 heteroatoms. The van der Waals surface area contributed by atoms with Gasteiger partial charge in [0.2, 0.25) is 16.9 Å². The van der Waals surface area contributed by atoms with E-state index in [1.165, 1.54) is 28.7 Å².